The van der Waals surface area contributed by atoms with Gasteiger partial charge < -0.3 is 0 Å². The monoisotopic (exact) mass is 180 g/mol. The SMILES string of the molecule is FCC(CF)(CF)C(F)(F)F. The van der Waals surface area contributed by atoms with Gasteiger partial charge in [0.15, 0.2) is 5.41 Å². The molecular weight excluding hydrogens is 174 g/mol. The van der Waals surface area contributed by atoms with Crippen LogP contribution in [0.3, 0.4) is 0 Å². The first-order valence-corrected chi connectivity index (χ1v) is 2.68. The summed E-state index contributed by atoms with van der Waals surface area (Å²) in [6.07, 6.45) is -5.16. The van der Waals surface area contributed by atoms with Crippen LogP contribution in [0.5, 0.6) is 0 Å². The predicted octanol–water partition coefficient (Wildman–Crippen LogP) is 2.44. The summed E-state index contributed by atoms with van der Waals surface area (Å²) in [5.74, 6) is 0. The number of hydrogen-bond acceptors (Lipinski definition) is 0. The van der Waals surface area contributed by atoms with Gasteiger partial charge in [-0.3, -0.25) is 0 Å². The molecule has 0 fully saturated rings. The highest BCUT2D eigenvalue weighted by Crippen LogP contribution is 2.39. The van der Waals surface area contributed by atoms with E-state index in [0.717, 1.165) is 0 Å². The molecular formula is C5H6F6. The summed E-state index contributed by atoms with van der Waals surface area (Å²) >= 11 is 0. The van der Waals surface area contributed by atoms with E-state index >= 15 is 0 Å². The van der Waals surface area contributed by atoms with Gasteiger partial charge in [0.2, 0.25) is 0 Å². The number of alkyl halides is 6. The van der Waals surface area contributed by atoms with Crippen molar-refractivity contribution in [3.8, 4) is 0 Å². The van der Waals surface area contributed by atoms with Crippen LogP contribution in [-0.2, 0) is 0 Å². The average molecular weight is 180 g/mol. The third-order valence-electron chi connectivity index (χ3n) is 1.37. The molecule has 11 heavy (non-hydrogen) atoms. The van der Waals surface area contributed by atoms with E-state index in [1.807, 2.05) is 0 Å². The summed E-state index contributed by atoms with van der Waals surface area (Å²) in [7, 11) is 0. The Balaban J connectivity index is 4.54. The van der Waals surface area contributed by atoms with Crippen LogP contribution in [0, 0.1) is 5.41 Å². The molecule has 0 unspecified atom stereocenters. The zero-order chi connectivity index (χ0) is 9.12. The van der Waals surface area contributed by atoms with Gasteiger partial charge in [0.25, 0.3) is 0 Å². The lowest BCUT2D eigenvalue weighted by Crippen LogP contribution is -2.44. The fourth-order valence-corrected chi connectivity index (χ4v) is 0.334. The number of rotatable bonds is 3. The summed E-state index contributed by atoms with van der Waals surface area (Å²) in [6, 6.07) is 0. The summed E-state index contributed by atoms with van der Waals surface area (Å²) in [6.45, 7) is -6.20. The maximum atomic E-state index is 11.7. The molecule has 0 radical (unpaired) electrons. The van der Waals surface area contributed by atoms with Gasteiger partial charge in [-0.25, -0.2) is 13.2 Å². The van der Waals surface area contributed by atoms with Crippen molar-refractivity contribution in [2.75, 3.05) is 20.0 Å². The largest absolute Gasteiger partial charge is 0.402 e. The van der Waals surface area contributed by atoms with Gasteiger partial charge in [-0.05, 0) is 0 Å². The smallest absolute Gasteiger partial charge is 0.250 e. The quantitative estimate of drug-likeness (QED) is 0.585. The summed E-state index contributed by atoms with van der Waals surface area (Å²) in [5, 5.41) is 0. The highest BCUT2D eigenvalue weighted by atomic mass is 19.4. The Morgan fingerprint density at radius 1 is 0.727 bits per heavy atom. The Bertz CT molecular complexity index is 104. The van der Waals surface area contributed by atoms with Crippen molar-refractivity contribution in [2.24, 2.45) is 5.41 Å². The topological polar surface area (TPSA) is 0 Å². The fraction of sp³-hybridized carbons (Fsp3) is 1.00. The van der Waals surface area contributed by atoms with Gasteiger partial charge in [0.05, 0.1) is 0 Å². The van der Waals surface area contributed by atoms with Crippen molar-refractivity contribution in [2.45, 2.75) is 6.18 Å². The van der Waals surface area contributed by atoms with Crippen molar-refractivity contribution in [1.29, 1.82) is 0 Å². The lowest BCUT2D eigenvalue weighted by Gasteiger charge is -2.26. The molecule has 0 heterocycles. The van der Waals surface area contributed by atoms with Crippen LogP contribution >= 0.6 is 0 Å². The van der Waals surface area contributed by atoms with Crippen LogP contribution < -0.4 is 0 Å². The molecule has 0 rings (SSSR count). The van der Waals surface area contributed by atoms with Crippen molar-refractivity contribution < 1.29 is 26.3 Å². The van der Waals surface area contributed by atoms with Gasteiger partial charge in [0.1, 0.15) is 20.0 Å². The van der Waals surface area contributed by atoms with Gasteiger partial charge >= 0.3 is 6.18 Å². The molecule has 68 valence electrons. The van der Waals surface area contributed by atoms with Crippen LogP contribution in [0.2, 0.25) is 0 Å². The fourth-order valence-electron chi connectivity index (χ4n) is 0.334. The van der Waals surface area contributed by atoms with E-state index < -0.39 is 31.6 Å². The minimum absolute atomic E-state index is 2.07. The Morgan fingerprint density at radius 3 is 1.00 bits per heavy atom. The predicted molar refractivity (Wildman–Crippen MR) is 26.4 cm³/mol. The minimum Gasteiger partial charge on any atom is -0.250 e. The molecule has 0 saturated heterocycles. The molecule has 0 aliphatic carbocycles. The molecule has 0 aromatic carbocycles. The second kappa shape index (κ2) is 3.32. The summed E-state index contributed by atoms with van der Waals surface area (Å²) < 4.78 is 69.8. The zero-order valence-corrected chi connectivity index (χ0v) is 5.39. The standard InChI is InChI=1S/C5H6F6/c6-1-4(2-7,3-8)5(9,10)11/h1-3H2. The molecule has 0 atom stereocenters. The van der Waals surface area contributed by atoms with E-state index in [4.69, 9.17) is 0 Å². The first-order chi connectivity index (χ1) is 4.93. The van der Waals surface area contributed by atoms with Crippen LogP contribution in [0.15, 0.2) is 0 Å². The Hall–Kier alpha value is -0.420. The van der Waals surface area contributed by atoms with Crippen molar-refractivity contribution in [3.05, 3.63) is 0 Å². The van der Waals surface area contributed by atoms with E-state index in [9.17, 15) is 26.3 Å². The maximum Gasteiger partial charge on any atom is 0.402 e. The van der Waals surface area contributed by atoms with Crippen LogP contribution in [0.1, 0.15) is 0 Å². The summed E-state index contributed by atoms with van der Waals surface area (Å²) in [4.78, 5) is 0. The Morgan fingerprint density at radius 2 is 1.00 bits per heavy atom. The van der Waals surface area contributed by atoms with Crippen molar-refractivity contribution in [1.82, 2.24) is 0 Å². The van der Waals surface area contributed by atoms with E-state index in [1.165, 1.54) is 0 Å². The van der Waals surface area contributed by atoms with Gasteiger partial charge in [-0.15, -0.1) is 0 Å². The first kappa shape index (κ1) is 10.6. The molecule has 0 aromatic rings. The normalized spacial score (nSPS) is 13.6. The van der Waals surface area contributed by atoms with Crippen molar-refractivity contribution in [3.63, 3.8) is 0 Å². The molecule has 6 heteroatoms. The van der Waals surface area contributed by atoms with Crippen LogP contribution in [0.25, 0.3) is 0 Å². The zero-order valence-electron chi connectivity index (χ0n) is 5.39. The van der Waals surface area contributed by atoms with Gasteiger partial charge in [-0.2, -0.15) is 13.2 Å². The Labute approximate surface area is 59.2 Å². The number of hydrogen-bond donors (Lipinski definition) is 0. The minimum atomic E-state index is -5.16. The number of halogens is 6. The second-order valence-corrected chi connectivity index (χ2v) is 2.18. The van der Waals surface area contributed by atoms with Crippen molar-refractivity contribution >= 4 is 0 Å². The third kappa shape index (κ3) is 1.78. The first-order valence-electron chi connectivity index (χ1n) is 2.68. The maximum absolute atomic E-state index is 11.7. The van der Waals surface area contributed by atoms with E-state index in [1.54, 1.807) is 0 Å². The molecule has 0 bridgehead atoms. The highest BCUT2D eigenvalue weighted by Gasteiger charge is 2.55. The van der Waals surface area contributed by atoms with Gasteiger partial charge in [0, 0.05) is 0 Å². The van der Waals surface area contributed by atoms with E-state index in [2.05, 4.69) is 0 Å². The van der Waals surface area contributed by atoms with Crippen LogP contribution in [-0.4, -0.2) is 26.2 Å². The van der Waals surface area contributed by atoms with Gasteiger partial charge in [-0.1, -0.05) is 0 Å². The molecule has 0 aliphatic rings. The third-order valence-corrected chi connectivity index (χ3v) is 1.37. The Kier molecular flexibility index (Phi) is 3.19. The molecule has 0 amide bonds. The lowest BCUT2D eigenvalue weighted by atomic mass is 9.93. The molecule has 0 saturated carbocycles. The molecule has 0 nitrogen and oxygen atoms in total. The molecule has 0 N–H and O–H groups in total. The highest BCUT2D eigenvalue weighted by molar-refractivity contribution is 4.85. The van der Waals surface area contributed by atoms with E-state index in [0.29, 0.717) is 0 Å². The average Bonchev–Trinajstić information content (AvgIpc) is 1.90. The van der Waals surface area contributed by atoms with Crippen LogP contribution in [0.4, 0.5) is 26.3 Å². The molecule has 0 aliphatic heterocycles. The van der Waals surface area contributed by atoms with E-state index in [-0.39, 0.29) is 0 Å². The lowest BCUT2D eigenvalue weighted by molar-refractivity contribution is -0.238. The summed E-state index contributed by atoms with van der Waals surface area (Å²) in [5.41, 5.74) is -3.44. The second-order valence-electron chi connectivity index (χ2n) is 2.18. The molecule has 0 spiro atoms. The molecule has 0 aromatic heterocycles.